The van der Waals surface area contributed by atoms with Crippen LogP contribution in [0.25, 0.3) is 0 Å². The van der Waals surface area contributed by atoms with Crippen molar-refractivity contribution in [1.29, 1.82) is 0 Å². The van der Waals surface area contributed by atoms with Crippen LogP contribution >= 0.6 is 0 Å². The molecule has 1 N–H and O–H groups in total. The van der Waals surface area contributed by atoms with E-state index in [1.807, 2.05) is 0 Å². The van der Waals surface area contributed by atoms with Crippen molar-refractivity contribution in [3.63, 3.8) is 0 Å². The predicted octanol–water partition coefficient (Wildman–Crippen LogP) is 7.62. The highest BCUT2D eigenvalue weighted by Crippen LogP contribution is 2.59. The second kappa shape index (κ2) is 9.33. The van der Waals surface area contributed by atoms with E-state index in [9.17, 15) is 5.11 Å². The molecule has 0 heterocycles. The molecule has 1 heteroatoms. The highest BCUT2D eigenvalue weighted by atomic mass is 16.3. The fourth-order valence-electron chi connectivity index (χ4n) is 6.66. The van der Waals surface area contributed by atoms with Gasteiger partial charge in [0.2, 0.25) is 0 Å². The first-order valence-corrected chi connectivity index (χ1v) is 12.1. The second-order valence-corrected chi connectivity index (χ2v) is 10.8. The molecular formula is C27H44O. The predicted molar refractivity (Wildman–Crippen MR) is 121 cm³/mol. The fourth-order valence-corrected chi connectivity index (χ4v) is 6.66. The van der Waals surface area contributed by atoms with Gasteiger partial charge in [0.1, 0.15) is 0 Å². The molecule has 3 aliphatic carbocycles. The molecule has 0 bridgehead atoms. The zero-order chi connectivity index (χ0) is 20.3. The SMILES string of the molecule is C=C1CC[C@H](O)CC1=CC=C1CCC[C@@]2(C)C1CCC2[C@H](C)CCCC(C)C. The van der Waals surface area contributed by atoms with Crippen molar-refractivity contribution in [2.45, 2.75) is 104 Å². The monoisotopic (exact) mass is 384 g/mol. The van der Waals surface area contributed by atoms with Crippen molar-refractivity contribution in [1.82, 2.24) is 0 Å². The maximum absolute atomic E-state index is 10.0. The summed E-state index contributed by atoms with van der Waals surface area (Å²) in [6.07, 6.45) is 18.2. The minimum Gasteiger partial charge on any atom is -0.393 e. The van der Waals surface area contributed by atoms with Crippen molar-refractivity contribution >= 4 is 0 Å². The van der Waals surface area contributed by atoms with Gasteiger partial charge in [-0.05, 0) is 86.0 Å². The fraction of sp³-hybridized carbons (Fsp3) is 0.778. The highest BCUT2D eigenvalue weighted by molar-refractivity contribution is 5.36. The van der Waals surface area contributed by atoms with Gasteiger partial charge in [-0.15, -0.1) is 0 Å². The molecular weight excluding hydrogens is 340 g/mol. The zero-order valence-electron chi connectivity index (χ0n) is 19.0. The minimum atomic E-state index is -0.172. The van der Waals surface area contributed by atoms with E-state index >= 15 is 0 Å². The molecule has 0 saturated heterocycles. The van der Waals surface area contributed by atoms with Crippen LogP contribution in [-0.2, 0) is 0 Å². The van der Waals surface area contributed by atoms with E-state index in [0.29, 0.717) is 5.41 Å². The molecule has 0 aliphatic heterocycles. The summed E-state index contributed by atoms with van der Waals surface area (Å²) in [7, 11) is 0. The molecule has 2 unspecified atom stereocenters. The topological polar surface area (TPSA) is 20.2 Å². The minimum absolute atomic E-state index is 0.172. The van der Waals surface area contributed by atoms with Gasteiger partial charge >= 0.3 is 0 Å². The number of aliphatic hydroxyl groups excluding tert-OH is 1. The van der Waals surface area contributed by atoms with E-state index < -0.39 is 0 Å². The van der Waals surface area contributed by atoms with Gasteiger partial charge in [-0.25, -0.2) is 0 Å². The van der Waals surface area contributed by atoms with Crippen LogP contribution in [0.4, 0.5) is 0 Å². The number of aliphatic hydroxyl groups is 1. The molecule has 5 atom stereocenters. The number of rotatable bonds is 6. The van der Waals surface area contributed by atoms with E-state index in [0.717, 1.165) is 42.9 Å². The smallest absolute Gasteiger partial charge is 0.0583 e. The molecule has 3 rings (SSSR count). The average molecular weight is 385 g/mol. The Labute approximate surface area is 174 Å². The highest BCUT2D eigenvalue weighted by Gasteiger charge is 2.50. The molecule has 0 amide bonds. The molecule has 3 fully saturated rings. The standard InChI is InChI=1S/C27H44O/c1-19(2)8-6-9-21(4)25-15-16-26-22(10-7-17-27(25,26)5)12-13-23-18-24(28)14-11-20(23)3/h12-13,19,21,24-26,28H,3,6-11,14-18H2,1-2,4-5H3/t21-,24+,25?,26?,27-/m1/s1. The van der Waals surface area contributed by atoms with Crippen molar-refractivity contribution in [2.24, 2.45) is 29.1 Å². The van der Waals surface area contributed by atoms with Gasteiger partial charge in [0.05, 0.1) is 6.10 Å². The maximum atomic E-state index is 10.0. The summed E-state index contributed by atoms with van der Waals surface area (Å²) in [4.78, 5) is 0. The lowest BCUT2D eigenvalue weighted by Crippen LogP contribution is -2.36. The van der Waals surface area contributed by atoms with Crippen LogP contribution in [0.5, 0.6) is 0 Å². The number of allylic oxidation sites excluding steroid dienone is 4. The first-order valence-electron chi connectivity index (χ1n) is 12.1. The van der Waals surface area contributed by atoms with E-state index in [4.69, 9.17) is 0 Å². The first-order chi connectivity index (χ1) is 13.3. The lowest BCUT2D eigenvalue weighted by molar-refractivity contribution is 0.0929. The third kappa shape index (κ3) is 4.84. The van der Waals surface area contributed by atoms with Gasteiger partial charge in [0.15, 0.2) is 0 Å². The molecule has 0 aromatic rings. The Morgan fingerprint density at radius 1 is 1.11 bits per heavy atom. The summed E-state index contributed by atoms with van der Waals surface area (Å²) < 4.78 is 0. The normalized spacial score (nSPS) is 37.6. The molecule has 158 valence electrons. The Kier molecular flexibility index (Phi) is 7.29. The Hall–Kier alpha value is -0.820. The van der Waals surface area contributed by atoms with E-state index in [-0.39, 0.29) is 6.10 Å². The van der Waals surface area contributed by atoms with Crippen LogP contribution in [0.15, 0.2) is 35.5 Å². The first kappa shape index (κ1) is 21.9. The van der Waals surface area contributed by atoms with Gasteiger partial charge in [-0.3, -0.25) is 0 Å². The summed E-state index contributed by atoms with van der Waals surface area (Å²) in [6.45, 7) is 14.1. The van der Waals surface area contributed by atoms with Crippen LogP contribution in [0, 0.1) is 29.1 Å². The molecule has 0 aromatic carbocycles. The summed E-state index contributed by atoms with van der Waals surface area (Å²) in [5, 5.41) is 10.0. The molecule has 0 aromatic heterocycles. The van der Waals surface area contributed by atoms with Crippen molar-refractivity contribution in [3.05, 3.63) is 35.5 Å². The van der Waals surface area contributed by atoms with Gasteiger partial charge in [-0.2, -0.15) is 0 Å². The largest absolute Gasteiger partial charge is 0.393 e. The Morgan fingerprint density at radius 3 is 2.64 bits per heavy atom. The number of fused-ring (bicyclic) bond motifs is 1. The van der Waals surface area contributed by atoms with Crippen molar-refractivity contribution in [2.75, 3.05) is 0 Å². The van der Waals surface area contributed by atoms with Crippen molar-refractivity contribution in [3.8, 4) is 0 Å². The Morgan fingerprint density at radius 2 is 1.89 bits per heavy atom. The average Bonchev–Trinajstić information content (AvgIpc) is 2.99. The molecule has 3 saturated carbocycles. The maximum Gasteiger partial charge on any atom is 0.0583 e. The van der Waals surface area contributed by atoms with Gasteiger partial charge in [-0.1, -0.05) is 76.8 Å². The molecule has 3 aliphatic rings. The van der Waals surface area contributed by atoms with E-state index in [1.54, 1.807) is 5.57 Å². The third-order valence-electron chi connectivity index (χ3n) is 8.35. The Bertz CT molecular complexity index is 610. The molecule has 1 nitrogen and oxygen atoms in total. The lowest BCUT2D eigenvalue weighted by Gasteiger charge is -2.44. The van der Waals surface area contributed by atoms with Crippen LogP contribution in [0.1, 0.15) is 98.3 Å². The third-order valence-corrected chi connectivity index (χ3v) is 8.35. The van der Waals surface area contributed by atoms with Crippen LogP contribution in [0.3, 0.4) is 0 Å². The quantitative estimate of drug-likeness (QED) is 0.499. The summed E-state index contributed by atoms with van der Waals surface area (Å²) in [6, 6.07) is 0. The second-order valence-electron chi connectivity index (χ2n) is 10.8. The summed E-state index contributed by atoms with van der Waals surface area (Å²) in [5.74, 6) is 3.37. The molecule has 0 spiro atoms. The van der Waals surface area contributed by atoms with E-state index in [1.165, 1.54) is 62.5 Å². The van der Waals surface area contributed by atoms with Crippen molar-refractivity contribution < 1.29 is 5.11 Å². The summed E-state index contributed by atoms with van der Waals surface area (Å²) in [5.41, 5.74) is 4.72. The van der Waals surface area contributed by atoms with Crippen LogP contribution in [0.2, 0.25) is 0 Å². The summed E-state index contributed by atoms with van der Waals surface area (Å²) >= 11 is 0. The van der Waals surface area contributed by atoms with E-state index in [2.05, 4.69) is 46.4 Å². The van der Waals surface area contributed by atoms with Gasteiger partial charge in [0, 0.05) is 0 Å². The zero-order valence-corrected chi connectivity index (χ0v) is 19.0. The lowest BCUT2D eigenvalue weighted by atomic mass is 9.60. The number of hydrogen-bond donors (Lipinski definition) is 1. The number of hydrogen-bond acceptors (Lipinski definition) is 1. The van der Waals surface area contributed by atoms with Crippen LogP contribution < -0.4 is 0 Å². The van der Waals surface area contributed by atoms with Gasteiger partial charge < -0.3 is 5.11 Å². The Balaban J connectivity index is 1.70. The van der Waals surface area contributed by atoms with Crippen LogP contribution in [-0.4, -0.2) is 11.2 Å². The van der Waals surface area contributed by atoms with Gasteiger partial charge in [0.25, 0.3) is 0 Å². The molecule has 28 heavy (non-hydrogen) atoms. The molecule has 0 radical (unpaired) electrons.